The van der Waals surface area contributed by atoms with Crippen LogP contribution in [0.15, 0.2) is 53.6 Å². The number of aromatic hydroxyl groups is 1. The number of rotatable bonds is 9. The fourth-order valence-corrected chi connectivity index (χ4v) is 3.46. The van der Waals surface area contributed by atoms with Gasteiger partial charge in [0, 0.05) is 11.9 Å². The summed E-state index contributed by atoms with van der Waals surface area (Å²) in [6, 6.07) is 7.41. The zero-order valence-electron chi connectivity index (χ0n) is 16.1. The molecule has 0 radical (unpaired) electrons. The Morgan fingerprint density at radius 1 is 1.23 bits per heavy atom. The molecule has 3 nitrogen and oxygen atoms in total. The maximum Gasteiger partial charge on any atom is 0.458 e. The minimum absolute atomic E-state index is 0.109. The molecule has 1 heterocycles. The van der Waals surface area contributed by atoms with Gasteiger partial charge >= 0.3 is 7.12 Å². The molecule has 1 unspecified atom stereocenters. The van der Waals surface area contributed by atoms with Crippen molar-refractivity contribution in [3.05, 3.63) is 59.2 Å². The molecular weight excluding hydrogens is 323 g/mol. The first-order valence-electron chi connectivity index (χ1n) is 9.74. The fraction of sp³-hybridized carbons (Fsp3) is 0.455. The van der Waals surface area contributed by atoms with Gasteiger partial charge in [0.2, 0.25) is 0 Å². The van der Waals surface area contributed by atoms with Gasteiger partial charge in [-0.3, -0.25) is 0 Å². The van der Waals surface area contributed by atoms with Crippen LogP contribution in [-0.4, -0.2) is 23.4 Å². The van der Waals surface area contributed by atoms with E-state index < -0.39 is 7.12 Å². The number of benzene rings is 1. The molecule has 0 aromatic heterocycles. The third-order valence-electron chi connectivity index (χ3n) is 4.76. The highest BCUT2D eigenvalue weighted by Gasteiger charge is 2.27. The topological polar surface area (TPSA) is 49.7 Å². The van der Waals surface area contributed by atoms with Crippen LogP contribution in [0, 0.1) is 0 Å². The molecule has 0 fully saturated rings. The van der Waals surface area contributed by atoms with Crippen LogP contribution in [0.4, 0.5) is 0 Å². The van der Waals surface area contributed by atoms with Crippen molar-refractivity contribution in [3.8, 4) is 5.75 Å². The van der Waals surface area contributed by atoms with Crippen molar-refractivity contribution in [1.82, 2.24) is 0 Å². The molecule has 4 heteroatoms. The summed E-state index contributed by atoms with van der Waals surface area (Å²) >= 11 is 0. The molecule has 26 heavy (non-hydrogen) atoms. The van der Waals surface area contributed by atoms with Crippen LogP contribution in [0.3, 0.4) is 0 Å². The maximum absolute atomic E-state index is 10.0. The Morgan fingerprint density at radius 3 is 2.65 bits per heavy atom. The molecule has 140 valence electrons. The third-order valence-corrected chi connectivity index (χ3v) is 4.76. The summed E-state index contributed by atoms with van der Waals surface area (Å²) in [4.78, 5) is 0. The summed E-state index contributed by atoms with van der Waals surface area (Å²) in [6.45, 7) is 8.52. The second-order valence-corrected chi connectivity index (χ2v) is 6.98. The SMILES string of the molecule is C=C(CCC)C1=CCB(O)OC1CC/C(=C/c1ccccc1O)CCC. The lowest BCUT2D eigenvalue weighted by atomic mass is 9.77. The Morgan fingerprint density at radius 2 is 1.96 bits per heavy atom. The molecule has 2 rings (SSSR count). The number of phenolic OH excluding ortho intramolecular Hbond substituents is 1. The Kier molecular flexibility index (Phi) is 8.21. The van der Waals surface area contributed by atoms with E-state index in [4.69, 9.17) is 4.65 Å². The fourth-order valence-electron chi connectivity index (χ4n) is 3.46. The number of phenols is 1. The second-order valence-electron chi connectivity index (χ2n) is 6.98. The van der Waals surface area contributed by atoms with E-state index in [0.717, 1.165) is 55.2 Å². The van der Waals surface area contributed by atoms with Gasteiger partial charge in [-0.25, -0.2) is 0 Å². The normalized spacial score (nSPS) is 18.0. The van der Waals surface area contributed by atoms with E-state index in [-0.39, 0.29) is 6.10 Å². The van der Waals surface area contributed by atoms with Crippen molar-refractivity contribution < 1.29 is 14.8 Å². The molecule has 1 aromatic rings. The number of hydrogen-bond donors (Lipinski definition) is 2. The first-order chi connectivity index (χ1) is 12.5. The van der Waals surface area contributed by atoms with Gasteiger partial charge in [0.1, 0.15) is 5.75 Å². The van der Waals surface area contributed by atoms with Gasteiger partial charge in [0.25, 0.3) is 0 Å². The number of hydrogen-bond acceptors (Lipinski definition) is 3. The number of allylic oxidation sites excluding steroid dienone is 2. The van der Waals surface area contributed by atoms with Crippen molar-refractivity contribution in [2.45, 2.75) is 64.8 Å². The summed E-state index contributed by atoms with van der Waals surface area (Å²) in [5.41, 5.74) is 4.41. The smallest absolute Gasteiger partial charge is 0.458 e. The van der Waals surface area contributed by atoms with E-state index in [1.807, 2.05) is 18.2 Å². The van der Waals surface area contributed by atoms with Gasteiger partial charge in [-0.2, -0.15) is 0 Å². The van der Waals surface area contributed by atoms with E-state index in [9.17, 15) is 10.1 Å². The highest BCUT2D eigenvalue weighted by atomic mass is 16.5. The van der Waals surface area contributed by atoms with Crippen LogP contribution in [0.5, 0.6) is 5.75 Å². The Bertz CT molecular complexity index is 663. The molecule has 0 saturated carbocycles. The van der Waals surface area contributed by atoms with E-state index in [0.29, 0.717) is 12.1 Å². The van der Waals surface area contributed by atoms with Gasteiger partial charge < -0.3 is 14.8 Å². The standard InChI is InChI=1S/C22H31BO3/c1-4-8-17(3)20-14-15-23(25)26-22(20)13-12-18(9-5-2)16-19-10-6-7-11-21(19)24/h6-7,10-11,14,16,22,24-25H,3-5,8-9,12-13,15H2,1-2H3/b18-16+. The van der Waals surface area contributed by atoms with E-state index in [2.05, 4.69) is 32.6 Å². The molecule has 0 saturated heterocycles. The number of para-hydroxylation sites is 1. The summed E-state index contributed by atoms with van der Waals surface area (Å²) in [6.07, 6.45) is 10.3. The zero-order valence-corrected chi connectivity index (χ0v) is 16.1. The molecule has 1 atom stereocenters. The Balaban J connectivity index is 2.11. The predicted octanol–water partition coefficient (Wildman–Crippen LogP) is 5.52. The molecule has 0 spiro atoms. The van der Waals surface area contributed by atoms with Crippen LogP contribution in [-0.2, 0) is 4.65 Å². The largest absolute Gasteiger partial charge is 0.507 e. The van der Waals surface area contributed by atoms with Crippen LogP contribution in [0.25, 0.3) is 6.08 Å². The van der Waals surface area contributed by atoms with Gasteiger partial charge in [-0.1, -0.05) is 69.2 Å². The first kappa shape index (κ1) is 20.5. The Hall–Kier alpha value is -1.78. The van der Waals surface area contributed by atoms with Crippen molar-refractivity contribution in [3.63, 3.8) is 0 Å². The van der Waals surface area contributed by atoms with Gasteiger partial charge in [-0.15, -0.1) is 0 Å². The van der Waals surface area contributed by atoms with Crippen LogP contribution in [0.2, 0.25) is 6.32 Å². The van der Waals surface area contributed by atoms with Crippen LogP contribution >= 0.6 is 0 Å². The highest BCUT2D eigenvalue weighted by molar-refractivity contribution is 6.43. The van der Waals surface area contributed by atoms with Crippen molar-refractivity contribution in [2.75, 3.05) is 0 Å². The summed E-state index contributed by atoms with van der Waals surface area (Å²) in [7, 11) is -0.727. The Labute approximate surface area is 158 Å². The van der Waals surface area contributed by atoms with Crippen LogP contribution < -0.4 is 0 Å². The van der Waals surface area contributed by atoms with E-state index in [1.165, 1.54) is 5.57 Å². The lowest BCUT2D eigenvalue weighted by Gasteiger charge is -2.28. The molecular formula is C22H31BO3. The minimum Gasteiger partial charge on any atom is -0.507 e. The molecule has 0 amide bonds. The summed E-state index contributed by atoms with van der Waals surface area (Å²) < 4.78 is 5.82. The van der Waals surface area contributed by atoms with Gasteiger partial charge in [0.15, 0.2) is 0 Å². The average molecular weight is 354 g/mol. The van der Waals surface area contributed by atoms with Crippen molar-refractivity contribution in [1.29, 1.82) is 0 Å². The lowest BCUT2D eigenvalue weighted by Crippen LogP contribution is -2.31. The second kappa shape index (κ2) is 10.4. The lowest BCUT2D eigenvalue weighted by molar-refractivity contribution is 0.182. The maximum atomic E-state index is 10.0. The third kappa shape index (κ3) is 5.89. The minimum atomic E-state index is -0.727. The molecule has 1 aliphatic heterocycles. The highest BCUT2D eigenvalue weighted by Crippen LogP contribution is 2.31. The van der Waals surface area contributed by atoms with Crippen molar-refractivity contribution >= 4 is 13.2 Å². The van der Waals surface area contributed by atoms with E-state index >= 15 is 0 Å². The van der Waals surface area contributed by atoms with Gasteiger partial charge in [-0.05, 0) is 42.9 Å². The summed E-state index contributed by atoms with van der Waals surface area (Å²) in [5.74, 6) is 0.308. The average Bonchev–Trinajstić information content (AvgIpc) is 2.62. The molecule has 0 aliphatic carbocycles. The van der Waals surface area contributed by atoms with Crippen LogP contribution in [0.1, 0.15) is 57.9 Å². The first-order valence-corrected chi connectivity index (χ1v) is 9.74. The molecule has 0 bridgehead atoms. The predicted molar refractivity (Wildman–Crippen MR) is 110 cm³/mol. The molecule has 1 aromatic carbocycles. The van der Waals surface area contributed by atoms with E-state index in [1.54, 1.807) is 6.07 Å². The molecule has 2 N–H and O–H groups in total. The quantitative estimate of drug-likeness (QED) is 0.574. The van der Waals surface area contributed by atoms with Gasteiger partial charge in [0.05, 0.1) is 6.10 Å². The van der Waals surface area contributed by atoms with Crippen molar-refractivity contribution in [2.24, 2.45) is 0 Å². The molecule has 1 aliphatic rings. The summed E-state index contributed by atoms with van der Waals surface area (Å²) in [5, 5.41) is 19.9. The zero-order chi connectivity index (χ0) is 18.9. The monoisotopic (exact) mass is 354 g/mol.